The number of nitrogens with one attached hydrogen (secondary N) is 1. The summed E-state index contributed by atoms with van der Waals surface area (Å²) in [6, 6.07) is 4.68. The lowest BCUT2D eigenvalue weighted by atomic mass is 9.92. The van der Waals surface area contributed by atoms with Gasteiger partial charge in [-0.3, -0.25) is 4.98 Å². The molecule has 1 saturated carbocycles. The lowest BCUT2D eigenvalue weighted by Gasteiger charge is -2.25. The van der Waals surface area contributed by atoms with Gasteiger partial charge < -0.3 is 10.1 Å². The number of hydrogen-bond acceptors (Lipinski definition) is 3. The number of nitrogens with zero attached hydrogens (tertiary/aromatic N) is 1. The standard InChI is InChI=1S/C15H22N2O/c1-3-13-4-2-8-17-15(13)14(5-1)16-9-10-18-11-12-6-7-12/h2,4,8,12,14,16H,1,3,5-7,9-11H2. The minimum atomic E-state index is 0.430. The second-order valence-electron chi connectivity index (χ2n) is 5.46. The first kappa shape index (κ1) is 12.1. The van der Waals surface area contributed by atoms with E-state index < -0.39 is 0 Å². The van der Waals surface area contributed by atoms with E-state index in [4.69, 9.17) is 4.74 Å². The minimum Gasteiger partial charge on any atom is -0.380 e. The molecule has 1 aromatic heterocycles. The van der Waals surface area contributed by atoms with Crippen molar-refractivity contribution >= 4 is 0 Å². The predicted octanol–water partition coefficient (Wildman–Crippen LogP) is 2.48. The summed E-state index contributed by atoms with van der Waals surface area (Å²) in [5.74, 6) is 0.863. The van der Waals surface area contributed by atoms with Crippen molar-refractivity contribution in [3.05, 3.63) is 29.6 Å². The first-order chi connectivity index (χ1) is 8.93. The van der Waals surface area contributed by atoms with E-state index in [1.807, 2.05) is 12.3 Å². The van der Waals surface area contributed by atoms with Crippen LogP contribution in [-0.4, -0.2) is 24.7 Å². The van der Waals surface area contributed by atoms with E-state index in [0.717, 1.165) is 25.7 Å². The summed E-state index contributed by atoms with van der Waals surface area (Å²) in [6.07, 6.45) is 8.29. The van der Waals surface area contributed by atoms with Crippen LogP contribution in [0.1, 0.15) is 43.0 Å². The third kappa shape index (κ3) is 3.09. The van der Waals surface area contributed by atoms with Gasteiger partial charge in [0.25, 0.3) is 0 Å². The van der Waals surface area contributed by atoms with Crippen LogP contribution in [0, 0.1) is 5.92 Å². The molecule has 0 saturated heterocycles. The summed E-state index contributed by atoms with van der Waals surface area (Å²) >= 11 is 0. The van der Waals surface area contributed by atoms with Crippen molar-refractivity contribution < 1.29 is 4.74 Å². The molecule has 98 valence electrons. The van der Waals surface area contributed by atoms with Crippen molar-refractivity contribution in [2.45, 2.75) is 38.1 Å². The fourth-order valence-electron chi connectivity index (χ4n) is 2.65. The Morgan fingerprint density at radius 2 is 2.28 bits per heavy atom. The molecule has 1 heterocycles. The van der Waals surface area contributed by atoms with Gasteiger partial charge in [-0.05, 0) is 49.7 Å². The van der Waals surface area contributed by atoms with Crippen LogP contribution in [0.25, 0.3) is 0 Å². The Kier molecular flexibility index (Phi) is 3.91. The van der Waals surface area contributed by atoms with Gasteiger partial charge in [0.1, 0.15) is 0 Å². The van der Waals surface area contributed by atoms with Crippen molar-refractivity contribution in [3.8, 4) is 0 Å². The van der Waals surface area contributed by atoms with Gasteiger partial charge in [-0.25, -0.2) is 0 Å². The third-order valence-corrected chi connectivity index (χ3v) is 3.88. The van der Waals surface area contributed by atoms with E-state index in [0.29, 0.717) is 6.04 Å². The highest BCUT2D eigenvalue weighted by Crippen LogP contribution is 2.29. The van der Waals surface area contributed by atoms with Crippen molar-refractivity contribution in [1.29, 1.82) is 0 Å². The first-order valence-corrected chi connectivity index (χ1v) is 7.18. The number of rotatable bonds is 6. The maximum absolute atomic E-state index is 5.65. The highest BCUT2D eigenvalue weighted by atomic mass is 16.5. The molecule has 0 aliphatic heterocycles. The Morgan fingerprint density at radius 1 is 1.33 bits per heavy atom. The minimum absolute atomic E-state index is 0.430. The van der Waals surface area contributed by atoms with Crippen LogP contribution in [0.4, 0.5) is 0 Å². The maximum atomic E-state index is 5.65. The second kappa shape index (κ2) is 5.81. The van der Waals surface area contributed by atoms with E-state index in [1.54, 1.807) is 0 Å². The fraction of sp³-hybridized carbons (Fsp3) is 0.667. The zero-order chi connectivity index (χ0) is 12.2. The Bertz CT molecular complexity index is 390. The summed E-state index contributed by atoms with van der Waals surface area (Å²) in [5, 5.41) is 3.58. The molecule has 3 rings (SSSR count). The molecule has 18 heavy (non-hydrogen) atoms. The zero-order valence-electron chi connectivity index (χ0n) is 10.9. The van der Waals surface area contributed by atoms with Gasteiger partial charge in [0, 0.05) is 25.4 Å². The largest absolute Gasteiger partial charge is 0.380 e. The molecule has 0 amide bonds. The van der Waals surface area contributed by atoms with Crippen LogP contribution in [0.15, 0.2) is 18.3 Å². The van der Waals surface area contributed by atoms with Crippen LogP contribution in [0.3, 0.4) is 0 Å². The normalized spacial score (nSPS) is 22.8. The highest BCUT2D eigenvalue weighted by molar-refractivity contribution is 5.25. The molecule has 1 N–H and O–H groups in total. The lowest BCUT2D eigenvalue weighted by Crippen LogP contribution is -2.29. The second-order valence-corrected chi connectivity index (χ2v) is 5.46. The third-order valence-electron chi connectivity index (χ3n) is 3.88. The topological polar surface area (TPSA) is 34.2 Å². The molecule has 0 spiro atoms. The Labute approximate surface area is 109 Å². The monoisotopic (exact) mass is 246 g/mol. The van der Waals surface area contributed by atoms with Gasteiger partial charge >= 0.3 is 0 Å². The predicted molar refractivity (Wildman–Crippen MR) is 71.5 cm³/mol. The Hall–Kier alpha value is -0.930. The molecule has 0 aromatic carbocycles. The average molecular weight is 246 g/mol. The van der Waals surface area contributed by atoms with Gasteiger partial charge in [-0.2, -0.15) is 0 Å². The van der Waals surface area contributed by atoms with Crippen LogP contribution in [-0.2, 0) is 11.2 Å². The molecule has 3 heteroatoms. The molecule has 1 fully saturated rings. The lowest BCUT2D eigenvalue weighted by molar-refractivity contribution is 0.123. The van der Waals surface area contributed by atoms with E-state index in [-0.39, 0.29) is 0 Å². The van der Waals surface area contributed by atoms with Crippen molar-refractivity contribution in [2.75, 3.05) is 19.8 Å². The van der Waals surface area contributed by atoms with Gasteiger partial charge in [0.2, 0.25) is 0 Å². The van der Waals surface area contributed by atoms with Gasteiger partial charge in [0.15, 0.2) is 0 Å². The smallest absolute Gasteiger partial charge is 0.0605 e. The summed E-state index contributed by atoms with van der Waals surface area (Å²) in [4.78, 5) is 4.53. The van der Waals surface area contributed by atoms with E-state index in [2.05, 4.69) is 16.4 Å². The molecule has 1 unspecified atom stereocenters. The summed E-state index contributed by atoms with van der Waals surface area (Å²) < 4.78 is 5.65. The Morgan fingerprint density at radius 3 is 3.17 bits per heavy atom. The van der Waals surface area contributed by atoms with Gasteiger partial charge in [-0.15, -0.1) is 0 Å². The van der Waals surface area contributed by atoms with Crippen LogP contribution < -0.4 is 5.32 Å². The molecule has 3 nitrogen and oxygen atoms in total. The SMILES string of the molecule is c1cnc2c(c1)CCCC2NCCOCC1CC1. The molecule has 1 aromatic rings. The molecule has 2 aliphatic carbocycles. The maximum Gasteiger partial charge on any atom is 0.0605 e. The molecule has 1 atom stereocenters. The number of fused-ring (bicyclic) bond motifs is 1. The molecular formula is C15H22N2O. The first-order valence-electron chi connectivity index (χ1n) is 7.18. The van der Waals surface area contributed by atoms with Crippen molar-refractivity contribution in [2.24, 2.45) is 5.92 Å². The number of hydrogen-bond donors (Lipinski definition) is 1. The van der Waals surface area contributed by atoms with Gasteiger partial charge in [0.05, 0.1) is 12.3 Å². The fourth-order valence-corrected chi connectivity index (χ4v) is 2.65. The van der Waals surface area contributed by atoms with Crippen LogP contribution >= 0.6 is 0 Å². The zero-order valence-corrected chi connectivity index (χ0v) is 10.9. The number of ether oxygens (including phenoxy) is 1. The Balaban J connectivity index is 1.44. The molecule has 0 radical (unpaired) electrons. The van der Waals surface area contributed by atoms with Crippen LogP contribution in [0.5, 0.6) is 0 Å². The number of pyridine rings is 1. The van der Waals surface area contributed by atoms with Gasteiger partial charge in [-0.1, -0.05) is 6.07 Å². The summed E-state index contributed by atoms with van der Waals surface area (Å²) in [5.41, 5.74) is 2.67. The van der Waals surface area contributed by atoms with Crippen molar-refractivity contribution in [1.82, 2.24) is 10.3 Å². The number of aryl methyl sites for hydroxylation is 1. The highest BCUT2D eigenvalue weighted by Gasteiger charge is 2.22. The summed E-state index contributed by atoms with van der Waals surface area (Å²) in [7, 11) is 0. The average Bonchev–Trinajstić information content (AvgIpc) is 3.23. The van der Waals surface area contributed by atoms with E-state index in [1.165, 1.54) is 43.4 Å². The van der Waals surface area contributed by atoms with Crippen LogP contribution in [0.2, 0.25) is 0 Å². The molecule has 0 bridgehead atoms. The van der Waals surface area contributed by atoms with Crippen molar-refractivity contribution in [3.63, 3.8) is 0 Å². The quantitative estimate of drug-likeness (QED) is 0.783. The molecule has 2 aliphatic rings. The summed E-state index contributed by atoms with van der Waals surface area (Å²) in [6.45, 7) is 2.73. The number of aromatic nitrogens is 1. The molecular weight excluding hydrogens is 224 g/mol. The van der Waals surface area contributed by atoms with E-state index in [9.17, 15) is 0 Å². The van der Waals surface area contributed by atoms with E-state index >= 15 is 0 Å².